The highest BCUT2D eigenvalue weighted by atomic mass is 79.9. The monoisotopic (exact) mass is 584 g/mol. The second kappa shape index (κ2) is 10.3. The molecule has 4 aromatic carbocycles. The molecular weight excluding hydrogens is 555 g/mol. The average Bonchev–Trinajstić information content (AvgIpc) is 3.22. The highest BCUT2D eigenvalue weighted by molar-refractivity contribution is 9.10. The summed E-state index contributed by atoms with van der Waals surface area (Å²) in [6.45, 7) is 6.77. The van der Waals surface area contributed by atoms with Crippen LogP contribution in [0.1, 0.15) is 32.0 Å². The Labute approximate surface area is 232 Å². The van der Waals surface area contributed by atoms with E-state index in [1.165, 1.54) is 16.4 Å². The molecule has 38 heavy (non-hydrogen) atoms. The Hall–Kier alpha value is -3.48. The topological polar surface area (TPSA) is 27.1 Å². The molecule has 0 saturated carbocycles. The summed E-state index contributed by atoms with van der Waals surface area (Å²) in [7, 11) is -0.974. The van der Waals surface area contributed by atoms with Crippen LogP contribution >= 0.6 is 15.9 Å². The molecule has 0 N–H and O–H groups in total. The van der Waals surface area contributed by atoms with Gasteiger partial charge in [-0.2, -0.15) is 5.10 Å². The van der Waals surface area contributed by atoms with Crippen molar-refractivity contribution in [1.29, 1.82) is 0 Å². The van der Waals surface area contributed by atoms with Gasteiger partial charge < -0.3 is 4.43 Å². The van der Waals surface area contributed by atoms with Crippen LogP contribution in [0.5, 0.6) is 5.75 Å². The van der Waals surface area contributed by atoms with Gasteiger partial charge in [-0.05, 0) is 84.8 Å². The van der Waals surface area contributed by atoms with E-state index in [0.29, 0.717) is 0 Å². The number of halogens is 2. The Morgan fingerprint density at radius 2 is 1.47 bits per heavy atom. The number of benzene rings is 4. The molecule has 1 aromatic heterocycles. The van der Waals surface area contributed by atoms with Crippen molar-refractivity contribution < 1.29 is 8.82 Å². The second-order valence-corrected chi connectivity index (χ2v) is 15.5. The second-order valence-electron chi connectivity index (χ2n) is 10.5. The molecule has 0 saturated heterocycles. The van der Waals surface area contributed by atoms with Gasteiger partial charge in [0.25, 0.3) is 0 Å². The first-order valence-corrected chi connectivity index (χ1v) is 15.3. The van der Waals surface area contributed by atoms with Crippen LogP contribution in [0.3, 0.4) is 0 Å². The van der Waals surface area contributed by atoms with Gasteiger partial charge in [0.2, 0.25) is 0 Å². The zero-order chi connectivity index (χ0) is 26.9. The van der Waals surface area contributed by atoms with Crippen LogP contribution in [0.15, 0.2) is 102 Å². The molecule has 0 aliphatic heterocycles. The van der Waals surface area contributed by atoms with Crippen LogP contribution in [0.25, 0.3) is 22.9 Å². The van der Waals surface area contributed by atoms with Gasteiger partial charge in [0.1, 0.15) is 16.2 Å². The maximum Gasteiger partial charge on any atom is 0.319 e. The average molecular weight is 586 g/mol. The van der Waals surface area contributed by atoms with Gasteiger partial charge in [-0.1, -0.05) is 87.5 Å². The van der Waals surface area contributed by atoms with Crippen molar-refractivity contribution in [3.8, 4) is 5.75 Å². The molecule has 0 amide bonds. The SMILES string of the molecule is Cn1nc(Br)cc1C=Cc1cc(O[Si](c2ccccc2)(c2ccccc2)C(C)(C)C)c2ccc(F)cc2c1. The minimum Gasteiger partial charge on any atom is -0.534 e. The predicted octanol–water partition coefficient (Wildman–Crippen LogP) is 7.58. The van der Waals surface area contributed by atoms with E-state index in [9.17, 15) is 4.39 Å². The molecule has 0 radical (unpaired) electrons. The quantitative estimate of drug-likeness (QED) is 0.192. The largest absolute Gasteiger partial charge is 0.534 e. The van der Waals surface area contributed by atoms with E-state index in [1.54, 1.807) is 10.7 Å². The first-order valence-electron chi connectivity index (χ1n) is 12.6. The summed E-state index contributed by atoms with van der Waals surface area (Å²) in [6.07, 6.45) is 4.02. The van der Waals surface area contributed by atoms with Crippen molar-refractivity contribution in [3.05, 3.63) is 119 Å². The van der Waals surface area contributed by atoms with E-state index in [1.807, 2.05) is 49.5 Å². The number of nitrogens with zero attached hydrogens (tertiary/aromatic N) is 2. The van der Waals surface area contributed by atoms with Crippen LogP contribution in [0, 0.1) is 5.82 Å². The van der Waals surface area contributed by atoms with Crippen molar-refractivity contribution >= 4 is 57.5 Å². The molecule has 0 fully saturated rings. The highest BCUT2D eigenvalue weighted by Crippen LogP contribution is 2.40. The van der Waals surface area contributed by atoms with Crippen molar-refractivity contribution in [2.75, 3.05) is 0 Å². The highest BCUT2D eigenvalue weighted by Gasteiger charge is 2.52. The number of rotatable bonds is 6. The fourth-order valence-corrected chi connectivity index (χ4v) is 10.0. The molecular formula is C32H30BrFN2OSi. The lowest BCUT2D eigenvalue weighted by atomic mass is 10.1. The Morgan fingerprint density at radius 3 is 2.03 bits per heavy atom. The Balaban J connectivity index is 1.73. The molecule has 0 atom stereocenters. The first kappa shape index (κ1) is 26.1. The molecule has 0 unspecified atom stereocenters. The van der Waals surface area contributed by atoms with Crippen molar-refractivity contribution in [3.63, 3.8) is 0 Å². The summed E-state index contributed by atoms with van der Waals surface area (Å²) < 4.78 is 24.3. The molecule has 1 heterocycles. The lowest BCUT2D eigenvalue weighted by Gasteiger charge is -2.43. The van der Waals surface area contributed by atoms with E-state index in [0.717, 1.165) is 32.4 Å². The zero-order valence-corrected chi connectivity index (χ0v) is 24.5. The number of hydrogen-bond donors (Lipinski definition) is 0. The molecule has 0 spiro atoms. The van der Waals surface area contributed by atoms with Gasteiger partial charge in [0.15, 0.2) is 0 Å². The molecule has 5 aromatic rings. The summed E-state index contributed by atoms with van der Waals surface area (Å²) >= 11 is 3.43. The fourth-order valence-electron chi connectivity index (χ4n) is 5.11. The third-order valence-electron chi connectivity index (χ3n) is 6.91. The third-order valence-corrected chi connectivity index (χ3v) is 12.2. The van der Waals surface area contributed by atoms with Crippen molar-refractivity contribution in [2.24, 2.45) is 7.05 Å². The lowest BCUT2D eigenvalue weighted by Crippen LogP contribution is -2.68. The van der Waals surface area contributed by atoms with Gasteiger partial charge in [0.05, 0.1) is 5.69 Å². The molecule has 3 nitrogen and oxygen atoms in total. The van der Waals surface area contributed by atoms with Gasteiger partial charge in [0, 0.05) is 12.4 Å². The normalized spacial score (nSPS) is 12.4. The van der Waals surface area contributed by atoms with Crippen LogP contribution in [0.2, 0.25) is 5.04 Å². The van der Waals surface area contributed by atoms with E-state index in [2.05, 4.69) is 96.4 Å². The van der Waals surface area contributed by atoms with Gasteiger partial charge in [-0.15, -0.1) is 0 Å². The standard InChI is InChI=1S/C32H30BrFN2OSi/c1-32(2,3)38(27-11-7-5-8-12-27,28-13-9-6-10-14-28)37-30-20-23(15-17-26-22-31(33)35-36(26)4)19-24-21-25(34)16-18-29(24)30/h5-22H,1-4H3. The van der Waals surface area contributed by atoms with Gasteiger partial charge in [-0.3, -0.25) is 4.68 Å². The summed E-state index contributed by atoms with van der Waals surface area (Å²) in [6, 6.07) is 32.0. The lowest BCUT2D eigenvalue weighted by molar-refractivity contribution is 0.512. The van der Waals surface area contributed by atoms with E-state index >= 15 is 0 Å². The van der Waals surface area contributed by atoms with E-state index in [-0.39, 0.29) is 10.9 Å². The minimum absolute atomic E-state index is 0.200. The minimum atomic E-state index is -2.87. The fraction of sp³-hybridized carbons (Fsp3) is 0.156. The Morgan fingerprint density at radius 1 is 0.842 bits per heavy atom. The number of fused-ring (bicyclic) bond motifs is 1. The first-order chi connectivity index (χ1) is 18.2. The molecule has 0 bridgehead atoms. The summed E-state index contributed by atoms with van der Waals surface area (Å²) in [4.78, 5) is 0. The molecule has 6 heteroatoms. The van der Waals surface area contributed by atoms with Crippen LogP contribution in [-0.4, -0.2) is 18.1 Å². The van der Waals surface area contributed by atoms with Gasteiger partial charge >= 0.3 is 8.32 Å². The van der Waals surface area contributed by atoms with Crippen molar-refractivity contribution in [1.82, 2.24) is 9.78 Å². The van der Waals surface area contributed by atoms with Crippen LogP contribution in [0.4, 0.5) is 4.39 Å². The van der Waals surface area contributed by atoms with E-state index in [4.69, 9.17) is 4.43 Å². The predicted molar refractivity (Wildman–Crippen MR) is 162 cm³/mol. The maximum absolute atomic E-state index is 14.4. The Kier molecular flexibility index (Phi) is 7.12. The van der Waals surface area contributed by atoms with Gasteiger partial charge in [-0.25, -0.2) is 4.39 Å². The summed E-state index contributed by atoms with van der Waals surface area (Å²) in [5.41, 5.74) is 1.87. The number of aromatic nitrogens is 2. The smallest absolute Gasteiger partial charge is 0.319 e. The Bertz CT molecular complexity index is 1570. The zero-order valence-electron chi connectivity index (χ0n) is 22.0. The third kappa shape index (κ3) is 4.98. The molecule has 192 valence electrons. The summed E-state index contributed by atoms with van der Waals surface area (Å²) in [5.74, 6) is 0.480. The van der Waals surface area contributed by atoms with Crippen LogP contribution in [-0.2, 0) is 7.05 Å². The number of aryl methyl sites for hydroxylation is 1. The maximum atomic E-state index is 14.4. The molecule has 0 aliphatic rings. The van der Waals surface area contributed by atoms with E-state index < -0.39 is 8.32 Å². The molecule has 0 aliphatic carbocycles. The van der Waals surface area contributed by atoms with Crippen molar-refractivity contribution in [2.45, 2.75) is 25.8 Å². The number of hydrogen-bond acceptors (Lipinski definition) is 2. The summed E-state index contributed by atoms with van der Waals surface area (Å²) in [5, 5.41) is 8.22. The van der Waals surface area contributed by atoms with Crippen LogP contribution < -0.4 is 14.8 Å². The molecule has 5 rings (SSSR count).